The number of phenolic OH excluding ortho intramolecular Hbond substituents is 3. The lowest BCUT2D eigenvalue weighted by atomic mass is 9.54. The number of ether oxygens (including phenoxy) is 6. The third-order valence-corrected chi connectivity index (χ3v) is 23.8. The Bertz CT molecular complexity index is 4860. The van der Waals surface area contributed by atoms with Gasteiger partial charge < -0.3 is 117 Å². The fourth-order valence-corrected chi connectivity index (χ4v) is 17.8. The van der Waals surface area contributed by atoms with Gasteiger partial charge in [-0.2, -0.15) is 0 Å². The van der Waals surface area contributed by atoms with Crippen LogP contribution in [-0.4, -0.2) is 197 Å². The predicted molar refractivity (Wildman–Crippen MR) is 404 cm³/mol. The molecule has 4 saturated carbocycles. The second-order valence-electron chi connectivity index (χ2n) is 30.2. The lowest BCUT2D eigenvalue weighted by Crippen LogP contribution is -2.60. The Hall–Kier alpha value is -10.2. The van der Waals surface area contributed by atoms with Gasteiger partial charge in [-0.3, -0.25) is 38.4 Å². The van der Waals surface area contributed by atoms with E-state index in [1.54, 1.807) is 13.8 Å². The zero-order valence-electron chi connectivity index (χ0n) is 62.2. The van der Waals surface area contributed by atoms with Crippen molar-refractivity contribution in [1.82, 2.24) is 47.3 Å². The Kier molecular flexibility index (Phi) is 24.7. The summed E-state index contributed by atoms with van der Waals surface area (Å²) in [5, 5.41) is 125. The molecule has 6 aliphatic heterocycles. The maximum absolute atomic E-state index is 16.4. The van der Waals surface area contributed by atoms with Crippen LogP contribution in [0.4, 0.5) is 0 Å². The highest BCUT2D eigenvalue weighted by atomic mass is 35.5. The molecular weight excluding hydrogens is 1570 g/mol. The molecule has 6 heterocycles. The number of amides is 8. The summed E-state index contributed by atoms with van der Waals surface area (Å²) in [6, 6.07) is 3.92. The van der Waals surface area contributed by atoms with Crippen molar-refractivity contribution in [3.8, 4) is 62.9 Å². The molecule has 0 aromatic heterocycles. The van der Waals surface area contributed by atoms with Crippen molar-refractivity contribution in [3.63, 3.8) is 0 Å². The number of fused-ring (bicyclic) bond motifs is 15. The summed E-state index contributed by atoms with van der Waals surface area (Å²) in [5.74, 6) is -14.2. The Labute approximate surface area is 667 Å². The highest BCUT2D eigenvalue weighted by Gasteiger charge is 2.51. The molecule has 15 bridgehead atoms. The Morgan fingerprint density at radius 1 is 0.626 bits per heavy atom. The highest BCUT2D eigenvalue weighted by molar-refractivity contribution is 7.90. The van der Waals surface area contributed by atoms with E-state index in [0.29, 0.717) is 11.8 Å². The van der Waals surface area contributed by atoms with Crippen LogP contribution < -0.4 is 66.2 Å². The number of hydrogen-bond donors (Lipinski definition) is 18. The van der Waals surface area contributed by atoms with Gasteiger partial charge >= 0.3 is 0 Å². The van der Waals surface area contributed by atoms with E-state index in [4.69, 9.17) is 51.6 Å². The number of aromatic hydroxyl groups is 3. The van der Waals surface area contributed by atoms with Gasteiger partial charge in [-0.15, -0.1) is 0 Å². The molecular formula is C78H87Cl2N9O25S. The van der Waals surface area contributed by atoms with Crippen LogP contribution in [0.1, 0.15) is 117 Å². The average Bonchev–Trinajstić information content (AvgIpc) is 0.757. The van der Waals surface area contributed by atoms with Crippen molar-refractivity contribution in [2.75, 3.05) is 34.0 Å². The van der Waals surface area contributed by atoms with Gasteiger partial charge in [0.1, 0.15) is 114 Å². The summed E-state index contributed by atoms with van der Waals surface area (Å²) in [6.45, 7) is 2.87. The van der Waals surface area contributed by atoms with Gasteiger partial charge in [-0.1, -0.05) is 55.2 Å². The van der Waals surface area contributed by atoms with Crippen LogP contribution in [0, 0.1) is 29.6 Å². The largest absolute Gasteiger partial charge is 0.508 e. The number of benzene rings is 6. The van der Waals surface area contributed by atoms with Crippen molar-refractivity contribution in [3.05, 3.63) is 141 Å². The molecule has 0 spiro atoms. The lowest BCUT2D eigenvalue weighted by molar-refractivity contribution is -0.277. The predicted octanol–water partition coefficient (Wildman–Crippen LogP) is 2.77. The molecule has 0 radical (unpaired) electrons. The van der Waals surface area contributed by atoms with Crippen LogP contribution in [0.2, 0.25) is 10.0 Å². The molecule has 614 valence electrons. The second-order valence-corrected chi connectivity index (χ2v) is 32.7. The molecule has 37 heteroatoms. The molecule has 6 aromatic rings. The number of aliphatic hydroxyl groups is 6. The first-order valence-corrected chi connectivity index (χ1v) is 39.4. The minimum Gasteiger partial charge on any atom is -0.508 e. The molecule has 5 fully saturated rings. The maximum Gasteiger partial charge on any atom is 0.264 e. The summed E-state index contributed by atoms with van der Waals surface area (Å²) in [4.78, 5) is 123. The van der Waals surface area contributed by atoms with E-state index in [1.165, 1.54) is 38.4 Å². The molecule has 10 aliphatic rings. The van der Waals surface area contributed by atoms with Gasteiger partial charge in [-0.25, -0.2) is 13.1 Å². The first kappa shape index (κ1) is 82.8. The van der Waals surface area contributed by atoms with Gasteiger partial charge in [0.2, 0.25) is 59.3 Å². The molecule has 18 N–H and O–H groups in total. The van der Waals surface area contributed by atoms with E-state index >= 15 is 28.8 Å². The number of phenols is 3. The van der Waals surface area contributed by atoms with Crippen LogP contribution in [0.15, 0.2) is 108 Å². The zero-order chi connectivity index (χ0) is 82.3. The Balaban J connectivity index is 1.000. The average molecular weight is 1650 g/mol. The fraction of sp³-hybridized carbons (Fsp3) is 0.436. The molecule has 0 unspecified atom stereocenters. The van der Waals surface area contributed by atoms with E-state index in [2.05, 4.69) is 42.5 Å². The number of carbonyl (C=O) groups excluding carboxylic acids is 8. The molecule has 14 atom stereocenters. The first-order valence-electron chi connectivity index (χ1n) is 37.2. The topological polar surface area (TPSA) is 516 Å². The Morgan fingerprint density at radius 2 is 1.23 bits per heavy atom. The van der Waals surface area contributed by atoms with E-state index in [1.807, 2.05) is 4.72 Å². The summed E-state index contributed by atoms with van der Waals surface area (Å²) >= 11 is 14.2. The van der Waals surface area contributed by atoms with Gasteiger partial charge in [0.25, 0.3) is 10.0 Å². The van der Waals surface area contributed by atoms with Crippen molar-refractivity contribution in [2.24, 2.45) is 29.6 Å². The third kappa shape index (κ3) is 17.7. The second kappa shape index (κ2) is 34.3. The van der Waals surface area contributed by atoms with Gasteiger partial charge in [0.15, 0.2) is 11.5 Å². The number of carbonyl (C=O) groups is 8. The Morgan fingerprint density at radius 3 is 1.84 bits per heavy atom. The van der Waals surface area contributed by atoms with Crippen LogP contribution in [-0.2, 0) is 57.9 Å². The standard InChI is InChI=1S/C78H87Cl2N9O25S/c1-32(2)17-48(81-3)71(100)87-63-65(95)36-6-13-52(46(79)24-36)111-54-26-40-27-55(70(54)114-78-69(99)68(98)67(97)56(31-90)113-78)112-53-14-7-37(25-47(53)80)66(96)64-77(106)86-62(75(104)83-59-38-19-33-18-34(21-38)22-39(59)20-33)45-28-41(91)29-51(93)58(45)44-23-35(5-12-50(44)92)60(73(102)88-64)85-74(103)61(40)84-72(101)49(82-76(63)105)30-57(94)89-115(107,108)43-10-8-42(9-11-43)110-16-15-109-4/h5-14,23-29,32-34,38-39,48-49,56,59-69,78,81,90-93,95-99H,15-22,30-31H2,1-4H3,(H,82,105)(H,83,104)(H,84,101)(H,85,103)(H,86,106)(H,87,100)(H,88,102)(H,89,94)/t33?,34?,38?,39?,48-,49+,56-,59?,60-,61-,62+,63-,64+,65-,66-,67-,68+,69-,78+/m1/s1. The molecule has 8 amide bonds. The van der Waals surface area contributed by atoms with E-state index in [9.17, 15) is 64.0 Å². The number of hydrogen-bond acceptors (Lipinski definition) is 26. The van der Waals surface area contributed by atoms with Crippen LogP contribution in [0.25, 0.3) is 11.1 Å². The minimum atomic E-state index is -4.91. The highest BCUT2D eigenvalue weighted by Crippen LogP contribution is 2.55. The number of methoxy groups -OCH3 is 1. The fourth-order valence-electron chi connectivity index (χ4n) is 16.3. The molecule has 115 heavy (non-hydrogen) atoms. The van der Waals surface area contributed by atoms with E-state index in [-0.39, 0.29) is 82.3 Å². The van der Waals surface area contributed by atoms with Crippen LogP contribution in [0.5, 0.6) is 51.7 Å². The number of rotatable bonds is 18. The van der Waals surface area contributed by atoms with Gasteiger partial charge in [0.05, 0.1) is 40.6 Å². The van der Waals surface area contributed by atoms with Gasteiger partial charge in [-0.05, 0) is 182 Å². The normalized spacial score (nSPS) is 28.1. The molecule has 34 nitrogen and oxygen atoms in total. The number of likely N-dealkylation sites (N-methyl/N-ethyl adjacent to an activating group) is 1. The first-order chi connectivity index (χ1) is 54.8. The number of aliphatic hydroxyl groups excluding tert-OH is 6. The SMILES string of the molecule is CN[C@H](CC(C)C)C(=O)N[C@H]1C(=O)N[C@@H](CC(=O)NS(=O)(=O)c2ccc(OCCOC)cc2)C(=O)N[C@H]2C(=O)N[C@H]3C(=O)N[C@H](C(=O)N[C@H](C(=O)NC4C5CC6CC(C5)CC4C6)c4cc(O)cc(O)c4-c4cc3ccc4O)[C@H](O)c3ccc(c(Cl)c3)Oc3cc2cc(c3O[C@@H]2O[C@H](CO)[C@@H](O)[C@H](O)[C@H]2O)Oc2ccc(cc2Cl)[C@H]1O. The van der Waals surface area contributed by atoms with Crippen molar-refractivity contribution in [1.29, 1.82) is 0 Å². The summed E-state index contributed by atoms with van der Waals surface area (Å²) in [5.41, 5.74) is -2.40. The summed E-state index contributed by atoms with van der Waals surface area (Å²) < 4.78 is 66.1. The third-order valence-electron chi connectivity index (χ3n) is 21.9. The smallest absolute Gasteiger partial charge is 0.264 e. The number of sulfonamides is 1. The van der Waals surface area contributed by atoms with Gasteiger partial charge in [0, 0.05) is 30.3 Å². The van der Waals surface area contributed by atoms with Crippen molar-refractivity contribution < 1.29 is 121 Å². The molecule has 1 saturated heterocycles. The van der Waals surface area contributed by atoms with E-state index in [0.717, 1.165) is 111 Å². The monoisotopic (exact) mass is 1650 g/mol. The number of nitrogens with one attached hydrogen (secondary N) is 9. The molecule has 16 rings (SSSR count). The maximum atomic E-state index is 16.4. The quantitative estimate of drug-likeness (QED) is 0.0550. The van der Waals surface area contributed by atoms with Crippen LogP contribution >= 0.6 is 23.2 Å². The summed E-state index contributed by atoms with van der Waals surface area (Å²) in [7, 11) is -2.02. The molecule has 6 aromatic carbocycles. The van der Waals surface area contributed by atoms with Crippen molar-refractivity contribution >= 4 is 80.5 Å². The number of halogens is 2. The summed E-state index contributed by atoms with van der Waals surface area (Å²) in [6.07, 6.45) is -11.2. The van der Waals surface area contributed by atoms with Crippen molar-refractivity contribution in [2.45, 2.75) is 155 Å². The molecule has 4 aliphatic carbocycles. The minimum absolute atomic E-state index is 0.0556. The van der Waals surface area contributed by atoms with E-state index < -0.39 is 222 Å². The van der Waals surface area contributed by atoms with Crippen LogP contribution in [0.3, 0.4) is 0 Å². The lowest BCUT2D eigenvalue weighted by Gasteiger charge is -2.54. The zero-order valence-corrected chi connectivity index (χ0v) is 64.5.